The number of hydrogen-bond donors (Lipinski definition) is 3. The van der Waals surface area contributed by atoms with E-state index in [4.69, 9.17) is 16.3 Å². The van der Waals surface area contributed by atoms with Crippen molar-refractivity contribution in [3.8, 4) is 5.75 Å². The SMILES string of the molecule is COc1ccccc1[C@H](O)CNC(=O)Nc1cc(Cl)ccc1C. The molecule has 2 rings (SSSR count). The average molecular weight is 335 g/mol. The van der Waals surface area contributed by atoms with Crippen molar-refractivity contribution in [1.82, 2.24) is 5.32 Å². The largest absolute Gasteiger partial charge is 0.496 e. The van der Waals surface area contributed by atoms with Crippen molar-refractivity contribution < 1.29 is 14.6 Å². The lowest BCUT2D eigenvalue weighted by Gasteiger charge is -2.16. The summed E-state index contributed by atoms with van der Waals surface area (Å²) in [6, 6.07) is 12.0. The molecule has 6 heteroatoms. The van der Waals surface area contributed by atoms with Gasteiger partial charge in [0.15, 0.2) is 0 Å². The van der Waals surface area contributed by atoms with Gasteiger partial charge in [-0.25, -0.2) is 4.79 Å². The summed E-state index contributed by atoms with van der Waals surface area (Å²) >= 11 is 5.92. The number of nitrogens with one attached hydrogen (secondary N) is 2. The molecule has 0 bridgehead atoms. The van der Waals surface area contributed by atoms with Crippen LogP contribution in [0.5, 0.6) is 5.75 Å². The summed E-state index contributed by atoms with van der Waals surface area (Å²) in [5.41, 5.74) is 2.14. The fraction of sp³-hybridized carbons (Fsp3) is 0.235. The normalized spacial score (nSPS) is 11.7. The number of aliphatic hydroxyl groups excluding tert-OH is 1. The third-order valence-corrected chi connectivity index (χ3v) is 3.64. The van der Waals surface area contributed by atoms with Crippen LogP contribution in [0, 0.1) is 6.92 Å². The number of rotatable bonds is 5. The van der Waals surface area contributed by atoms with Crippen LogP contribution in [0.4, 0.5) is 10.5 Å². The number of benzene rings is 2. The first kappa shape index (κ1) is 17.1. The van der Waals surface area contributed by atoms with Crippen molar-refractivity contribution in [2.75, 3.05) is 19.0 Å². The summed E-state index contributed by atoms with van der Waals surface area (Å²) in [6.07, 6.45) is -0.864. The topological polar surface area (TPSA) is 70.6 Å². The highest BCUT2D eigenvalue weighted by Crippen LogP contribution is 2.24. The van der Waals surface area contributed by atoms with Gasteiger partial charge in [0.1, 0.15) is 5.75 Å². The standard InChI is InChI=1S/C17H19ClN2O3/c1-11-7-8-12(18)9-14(11)20-17(22)19-10-15(21)13-5-3-4-6-16(13)23-2/h3-9,15,21H,10H2,1-2H3,(H2,19,20,22)/t15-/m1/s1. The quantitative estimate of drug-likeness (QED) is 0.783. The molecule has 0 aliphatic heterocycles. The van der Waals surface area contributed by atoms with Gasteiger partial charge in [-0.1, -0.05) is 35.9 Å². The number of aliphatic hydroxyl groups is 1. The maximum atomic E-state index is 12.0. The Morgan fingerprint density at radius 2 is 2.04 bits per heavy atom. The summed E-state index contributed by atoms with van der Waals surface area (Å²) in [5.74, 6) is 0.577. The fourth-order valence-corrected chi connectivity index (χ4v) is 2.31. The molecule has 0 saturated heterocycles. The smallest absolute Gasteiger partial charge is 0.319 e. The van der Waals surface area contributed by atoms with Crippen LogP contribution in [-0.2, 0) is 0 Å². The van der Waals surface area contributed by atoms with Crippen molar-refractivity contribution in [3.63, 3.8) is 0 Å². The minimum atomic E-state index is -0.864. The van der Waals surface area contributed by atoms with Crippen molar-refractivity contribution in [2.24, 2.45) is 0 Å². The molecule has 0 fully saturated rings. The summed E-state index contributed by atoms with van der Waals surface area (Å²) in [5, 5.41) is 16.1. The van der Waals surface area contributed by atoms with Gasteiger partial charge in [-0.3, -0.25) is 0 Å². The molecule has 0 spiro atoms. The average Bonchev–Trinajstić information content (AvgIpc) is 2.56. The van der Waals surface area contributed by atoms with Gasteiger partial charge < -0.3 is 20.5 Å². The van der Waals surface area contributed by atoms with Crippen LogP contribution in [-0.4, -0.2) is 24.8 Å². The van der Waals surface area contributed by atoms with Crippen molar-refractivity contribution >= 4 is 23.3 Å². The molecule has 0 unspecified atom stereocenters. The molecular formula is C17H19ClN2O3. The highest BCUT2D eigenvalue weighted by atomic mass is 35.5. The number of anilines is 1. The summed E-state index contributed by atoms with van der Waals surface area (Å²) in [7, 11) is 1.54. The summed E-state index contributed by atoms with van der Waals surface area (Å²) < 4.78 is 5.19. The zero-order valence-electron chi connectivity index (χ0n) is 13.0. The monoisotopic (exact) mass is 334 g/mol. The van der Waals surface area contributed by atoms with Crippen LogP contribution in [0.25, 0.3) is 0 Å². The lowest BCUT2D eigenvalue weighted by atomic mass is 10.1. The first-order valence-electron chi connectivity index (χ1n) is 7.13. The Labute approximate surface area is 140 Å². The van der Waals surface area contributed by atoms with Crippen molar-refractivity contribution in [2.45, 2.75) is 13.0 Å². The van der Waals surface area contributed by atoms with E-state index in [1.54, 1.807) is 30.3 Å². The molecule has 0 aromatic heterocycles. The van der Waals surface area contributed by atoms with Crippen molar-refractivity contribution in [3.05, 3.63) is 58.6 Å². The second-order valence-corrected chi connectivity index (χ2v) is 5.49. The predicted molar refractivity (Wildman–Crippen MR) is 91.2 cm³/mol. The number of carbonyl (C=O) groups is 1. The zero-order valence-corrected chi connectivity index (χ0v) is 13.7. The first-order valence-corrected chi connectivity index (χ1v) is 7.51. The van der Waals surface area contributed by atoms with Crippen LogP contribution < -0.4 is 15.4 Å². The predicted octanol–water partition coefficient (Wildman–Crippen LogP) is 3.51. The Morgan fingerprint density at radius 1 is 1.30 bits per heavy atom. The number of aryl methyl sites for hydroxylation is 1. The number of para-hydroxylation sites is 1. The van der Waals surface area contributed by atoms with E-state index >= 15 is 0 Å². The Hall–Kier alpha value is -2.24. The highest BCUT2D eigenvalue weighted by molar-refractivity contribution is 6.31. The number of amides is 2. The first-order chi connectivity index (χ1) is 11.0. The maximum Gasteiger partial charge on any atom is 0.319 e. The molecule has 23 heavy (non-hydrogen) atoms. The van der Waals surface area contributed by atoms with Crippen LogP contribution in [0.3, 0.4) is 0 Å². The Bertz CT molecular complexity index is 691. The second-order valence-electron chi connectivity index (χ2n) is 5.05. The van der Waals surface area contributed by atoms with E-state index < -0.39 is 12.1 Å². The van der Waals surface area contributed by atoms with Crippen LogP contribution >= 0.6 is 11.6 Å². The molecule has 2 aromatic carbocycles. The molecule has 0 aliphatic carbocycles. The molecule has 122 valence electrons. The molecule has 0 radical (unpaired) electrons. The van der Waals surface area contributed by atoms with Gasteiger partial charge in [-0.15, -0.1) is 0 Å². The number of halogens is 1. The van der Waals surface area contributed by atoms with Crippen LogP contribution in [0.1, 0.15) is 17.2 Å². The van der Waals surface area contributed by atoms with E-state index in [0.717, 1.165) is 5.56 Å². The molecule has 0 saturated carbocycles. The number of hydrogen-bond acceptors (Lipinski definition) is 3. The molecule has 0 aliphatic rings. The van der Waals surface area contributed by atoms with E-state index in [1.807, 2.05) is 19.1 Å². The van der Waals surface area contributed by atoms with Gasteiger partial charge in [-0.05, 0) is 30.7 Å². The van der Waals surface area contributed by atoms with E-state index in [0.29, 0.717) is 22.0 Å². The fourth-order valence-electron chi connectivity index (χ4n) is 2.14. The van der Waals surface area contributed by atoms with Gasteiger partial charge in [0.2, 0.25) is 0 Å². The van der Waals surface area contributed by atoms with Gasteiger partial charge >= 0.3 is 6.03 Å². The minimum Gasteiger partial charge on any atom is -0.496 e. The molecular weight excluding hydrogens is 316 g/mol. The molecule has 3 N–H and O–H groups in total. The van der Waals surface area contributed by atoms with E-state index in [2.05, 4.69) is 10.6 Å². The molecule has 1 atom stereocenters. The number of methoxy groups -OCH3 is 1. The Kier molecular flexibility index (Phi) is 5.84. The maximum absolute atomic E-state index is 12.0. The van der Waals surface area contributed by atoms with Crippen molar-refractivity contribution in [1.29, 1.82) is 0 Å². The highest BCUT2D eigenvalue weighted by Gasteiger charge is 2.14. The molecule has 2 amide bonds. The third-order valence-electron chi connectivity index (χ3n) is 3.40. The van der Waals surface area contributed by atoms with Crippen LogP contribution in [0.15, 0.2) is 42.5 Å². The minimum absolute atomic E-state index is 0.0613. The molecule has 5 nitrogen and oxygen atoms in total. The number of carbonyl (C=O) groups excluding carboxylic acids is 1. The number of ether oxygens (including phenoxy) is 1. The Morgan fingerprint density at radius 3 is 2.78 bits per heavy atom. The lowest BCUT2D eigenvalue weighted by Crippen LogP contribution is -2.32. The lowest BCUT2D eigenvalue weighted by molar-refractivity contribution is 0.171. The van der Waals surface area contributed by atoms with Crippen LogP contribution in [0.2, 0.25) is 5.02 Å². The molecule has 0 heterocycles. The zero-order chi connectivity index (χ0) is 16.8. The summed E-state index contributed by atoms with van der Waals surface area (Å²) in [4.78, 5) is 12.0. The van der Waals surface area contributed by atoms with Gasteiger partial charge in [-0.2, -0.15) is 0 Å². The van der Waals surface area contributed by atoms with E-state index in [1.165, 1.54) is 7.11 Å². The molecule has 2 aromatic rings. The van der Waals surface area contributed by atoms with E-state index in [-0.39, 0.29) is 6.54 Å². The van der Waals surface area contributed by atoms with Gasteiger partial charge in [0.25, 0.3) is 0 Å². The third kappa shape index (κ3) is 4.61. The van der Waals surface area contributed by atoms with Gasteiger partial charge in [0.05, 0.1) is 13.2 Å². The number of urea groups is 1. The Balaban J connectivity index is 1.95. The summed E-state index contributed by atoms with van der Waals surface area (Å²) in [6.45, 7) is 1.93. The second kappa shape index (κ2) is 7.85. The van der Waals surface area contributed by atoms with E-state index in [9.17, 15) is 9.90 Å². The van der Waals surface area contributed by atoms with Gasteiger partial charge in [0, 0.05) is 22.8 Å².